The van der Waals surface area contributed by atoms with Crippen LogP contribution in [0.1, 0.15) is 32.8 Å². The lowest BCUT2D eigenvalue weighted by molar-refractivity contribution is -0.142. The quantitative estimate of drug-likeness (QED) is 0.833. The number of hydrogen-bond acceptors (Lipinski definition) is 3. The van der Waals surface area contributed by atoms with E-state index in [0.29, 0.717) is 19.5 Å². The van der Waals surface area contributed by atoms with Gasteiger partial charge in [0.2, 0.25) is 0 Å². The molecular weight excluding hydrogens is 306 g/mol. The zero-order valence-electron chi connectivity index (χ0n) is 14.9. The molecule has 2 rings (SSSR count). The summed E-state index contributed by atoms with van der Waals surface area (Å²) in [5.74, 6) is -0.748. The van der Waals surface area contributed by atoms with E-state index in [4.69, 9.17) is 4.43 Å². The second-order valence-electron chi connectivity index (χ2n) is 8.00. The van der Waals surface area contributed by atoms with Gasteiger partial charge >= 0.3 is 5.97 Å². The monoisotopic (exact) mass is 335 g/mol. The van der Waals surface area contributed by atoms with Crippen LogP contribution >= 0.6 is 0 Å². The van der Waals surface area contributed by atoms with Gasteiger partial charge in [-0.05, 0) is 30.1 Å². The number of carboxylic acid groups (broad SMARTS) is 1. The zero-order valence-corrected chi connectivity index (χ0v) is 15.9. The molecule has 1 aromatic rings. The van der Waals surface area contributed by atoms with E-state index < -0.39 is 20.3 Å². The van der Waals surface area contributed by atoms with Gasteiger partial charge in [-0.1, -0.05) is 51.1 Å². The van der Waals surface area contributed by atoms with E-state index in [1.165, 1.54) is 0 Å². The number of carbonyl (C=O) groups is 1. The van der Waals surface area contributed by atoms with Crippen LogP contribution in [0.2, 0.25) is 18.1 Å². The van der Waals surface area contributed by atoms with Gasteiger partial charge in [0.25, 0.3) is 0 Å². The molecule has 0 radical (unpaired) electrons. The molecule has 0 aliphatic carbocycles. The van der Waals surface area contributed by atoms with Gasteiger partial charge in [0, 0.05) is 13.1 Å². The molecule has 1 N–H and O–H groups in total. The fourth-order valence-corrected chi connectivity index (χ4v) is 4.15. The first-order valence-electron chi connectivity index (χ1n) is 8.29. The predicted molar refractivity (Wildman–Crippen MR) is 95.0 cm³/mol. The Kier molecular flexibility index (Phi) is 5.33. The van der Waals surface area contributed by atoms with Crippen molar-refractivity contribution in [3.05, 3.63) is 35.9 Å². The van der Waals surface area contributed by atoms with Crippen LogP contribution in [0.5, 0.6) is 0 Å². The minimum atomic E-state index is -1.88. The second-order valence-corrected chi connectivity index (χ2v) is 12.8. The number of rotatable bonds is 5. The van der Waals surface area contributed by atoms with Crippen LogP contribution in [-0.4, -0.2) is 43.0 Å². The highest BCUT2D eigenvalue weighted by Gasteiger charge is 2.44. The molecule has 2 unspecified atom stereocenters. The van der Waals surface area contributed by atoms with E-state index in [-0.39, 0.29) is 11.1 Å². The molecule has 0 bridgehead atoms. The van der Waals surface area contributed by atoms with Gasteiger partial charge in [-0.25, -0.2) is 0 Å². The van der Waals surface area contributed by atoms with Gasteiger partial charge in [0.05, 0.1) is 6.10 Å². The topological polar surface area (TPSA) is 49.8 Å². The average Bonchev–Trinajstić information content (AvgIpc) is 2.80. The van der Waals surface area contributed by atoms with Gasteiger partial charge in [-0.2, -0.15) is 0 Å². The Morgan fingerprint density at radius 1 is 1.30 bits per heavy atom. The fourth-order valence-electron chi connectivity index (χ4n) is 2.79. The number of hydrogen-bond donors (Lipinski definition) is 1. The summed E-state index contributed by atoms with van der Waals surface area (Å²) < 4.78 is 6.45. The molecule has 0 spiro atoms. The molecule has 1 fully saturated rings. The number of nitrogens with zero attached hydrogens (tertiary/aromatic N) is 1. The maximum atomic E-state index is 11.6. The molecule has 1 aromatic carbocycles. The van der Waals surface area contributed by atoms with Crippen molar-refractivity contribution in [2.75, 3.05) is 6.54 Å². The highest BCUT2D eigenvalue weighted by molar-refractivity contribution is 6.74. The van der Waals surface area contributed by atoms with Gasteiger partial charge in [-0.15, -0.1) is 0 Å². The first-order valence-corrected chi connectivity index (χ1v) is 11.2. The van der Waals surface area contributed by atoms with E-state index in [1.54, 1.807) is 0 Å². The molecule has 1 aliphatic heterocycles. The third-order valence-electron chi connectivity index (χ3n) is 5.15. The van der Waals surface area contributed by atoms with Gasteiger partial charge in [0.1, 0.15) is 6.04 Å². The molecule has 23 heavy (non-hydrogen) atoms. The summed E-state index contributed by atoms with van der Waals surface area (Å²) in [7, 11) is -1.88. The van der Waals surface area contributed by atoms with Crippen LogP contribution < -0.4 is 0 Å². The summed E-state index contributed by atoms with van der Waals surface area (Å²) in [5.41, 5.74) is 1.15. The van der Waals surface area contributed by atoms with E-state index in [9.17, 15) is 9.90 Å². The smallest absolute Gasteiger partial charge is 0.321 e. The van der Waals surface area contributed by atoms with Crippen molar-refractivity contribution in [2.24, 2.45) is 0 Å². The largest absolute Gasteiger partial charge is 0.480 e. The van der Waals surface area contributed by atoms with Gasteiger partial charge in [0.15, 0.2) is 8.32 Å². The maximum Gasteiger partial charge on any atom is 0.321 e. The fraction of sp³-hybridized carbons (Fsp3) is 0.611. The van der Waals surface area contributed by atoms with Crippen molar-refractivity contribution < 1.29 is 14.3 Å². The minimum Gasteiger partial charge on any atom is -0.480 e. The molecule has 1 heterocycles. The normalized spacial score (nSPS) is 23.2. The summed E-state index contributed by atoms with van der Waals surface area (Å²) in [6.07, 6.45) is 0.593. The van der Waals surface area contributed by atoms with Crippen LogP contribution in [-0.2, 0) is 15.8 Å². The average molecular weight is 336 g/mol. The van der Waals surface area contributed by atoms with E-state index >= 15 is 0 Å². The Morgan fingerprint density at radius 2 is 1.91 bits per heavy atom. The summed E-state index contributed by atoms with van der Waals surface area (Å²) in [6, 6.07) is 9.59. The Hall–Kier alpha value is -1.17. The molecule has 0 amide bonds. The van der Waals surface area contributed by atoms with Crippen molar-refractivity contribution in [1.29, 1.82) is 0 Å². The van der Waals surface area contributed by atoms with E-state index in [2.05, 4.69) is 33.9 Å². The molecule has 0 aromatic heterocycles. The van der Waals surface area contributed by atoms with E-state index in [1.807, 2.05) is 35.2 Å². The Bertz CT molecular complexity index is 539. The minimum absolute atomic E-state index is 0.0145. The lowest BCUT2D eigenvalue weighted by Crippen LogP contribution is -2.44. The first-order chi connectivity index (χ1) is 10.6. The number of benzene rings is 1. The Labute approximate surface area is 140 Å². The highest BCUT2D eigenvalue weighted by Crippen LogP contribution is 2.39. The number of likely N-dealkylation sites (tertiary alicyclic amines) is 1. The van der Waals surface area contributed by atoms with Crippen molar-refractivity contribution in [2.45, 2.75) is 64.0 Å². The summed E-state index contributed by atoms with van der Waals surface area (Å²) in [5, 5.41) is 9.69. The molecule has 1 saturated heterocycles. The van der Waals surface area contributed by atoms with Crippen LogP contribution in [0.15, 0.2) is 30.3 Å². The number of carboxylic acids is 1. The van der Waals surface area contributed by atoms with Crippen LogP contribution in [0, 0.1) is 0 Å². The number of aliphatic carboxylic acids is 1. The van der Waals surface area contributed by atoms with Crippen molar-refractivity contribution in [1.82, 2.24) is 4.90 Å². The van der Waals surface area contributed by atoms with Gasteiger partial charge < -0.3 is 9.53 Å². The van der Waals surface area contributed by atoms with Crippen molar-refractivity contribution in [3.63, 3.8) is 0 Å². The van der Waals surface area contributed by atoms with Crippen LogP contribution in [0.4, 0.5) is 0 Å². The van der Waals surface area contributed by atoms with Crippen molar-refractivity contribution >= 4 is 14.3 Å². The third kappa shape index (κ3) is 4.43. The van der Waals surface area contributed by atoms with Crippen LogP contribution in [0.3, 0.4) is 0 Å². The maximum absolute atomic E-state index is 11.6. The Balaban J connectivity index is 2.08. The SMILES string of the molecule is CC(C)(C)[Si](C)(C)OC1CC(C(=O)O)N(Cc2ccccc2)C1. The highest BCUT2D eigenvalue weighted by atomic mass is 28.4. The standard InChI is InChI=1S/C18H29NO3Si/c1-18(2,3)23(4,5)22-15-11-16(17(20)21)19(13-15)12-14-9-7-6-8-10-14/h6-10,15-16H,11-13H2,1-5H3,(H,20,21). The van der Waals surface area contributed by atoms with E-state index in [0.717, 1.165) is 5.56 Å². The molecule has 2 atom stereocenters. The Morgan fingerprint density at radius 3 is 2.43 bits per heavy atom. The second kappa shape index (κ2) is 6.75. The van der Waals surface area contributed by atoms with Gasteiger partial charge in [-0.3, -0.25) is 9.69 Å². The third-order valence-corrected chi connectivity index (χ3v) is 9.68. The molecule has 5 heteroatoms. The lowest BCUT2D eigenvalue weighted by Gasteiger charge is -2.38. The van der Waals surface area contributed by atoms with Crippen LogP contribution in [0.25, 0.3) is 0 Å². The predicted octanol–water partition coefficient (Wildman–Crippen LogP) is 3.74. The van der Waals surface area contributed by atoms with Crippen molar-refractivity contribution in [3.8, 4) is 0 Å². The molecule has 1 aliphatic rings. The molecule has 0 saturated carbocycles. The molecule has 128 valence electrons. The molecule has 4 nitrogen and oxygen atoms in total. The summed E-state index contributed by atoms with van der Waals surface area (Å²) in [4.78, 5) is 13.7. The summed E-state index contributed by atoms with van der Waals surface area (Å²) in [6.45, 7) is 12.4. The molecular formula is C18H29NO3Si. The lowest BCUT2D eigenvalue weighted by atomic mass is 10.2. The summed E-state index contributed by atoms with van der Waals surface area (Å²) >= 11 is 0. The zero-order chi connectivity index (χ0) is 17.3. The first kappa shape index (κ1) is 18.2.